The highest BCUT2D eigenvalue weighted by atomic mass is 16.6. The molecule has 2 aromatic carbocycles. The summed E-state index contributed by atoms with van der Waals surface area (Å²) in [4.78, 5) is 30.2. The minimum Gasteiger partial charge on any atom is -0.465 e. The van der Waals surface area contributed by atoms with Crippen LogP contribution in [0.5, 0.6) is 0 Å². The van der Waals surface area contributed by atoms with Crippen LogP contribution >= 0.6 is 0 Å². The Kier molecular flexibility index (Phi) is 9.42. The smallest absolute Gasteiger partial charge is 0.410 e. The number of carbonyl (C=O) groups excluding carboxylic acids is 2. The van der Waals surface area contributed by atoms with E-state index in [1.54, 1.807) is 13.1 Å². The number of benzene rings is 2. The van der Waals surface area contributed by atoms with E-state index >= 15 is 0 Å². The third-order valence-corrected chi connectivity index (χ3v) is 4.23. The van der Waals surface area contributed by atoms with Gasteiger partial charge in [-0.1, -0.05) is 60.7 Å². The lowest BCUT2D eigenvalue weighted by atomic mass is 10.1. The minimum absolute atomic E-state index is 0.0275. The second-order valence-electron chi connectivity index (χ2n) is 6.47. The summed E-state index contributed by atoms with van der Waals surface area (Å²) in [6.45, 7) is 4.32. The normalized spacial score (nSPS) is 11.8. The molecule has 0 fully saturated rings. The first-order chi connectivity index (χ1) is 14.1. The molecule has 154 valence electrons. The summed E-state index contributed by atoms with van der Waals surface area (Å²) in [5.41, 5.74) is 2.00. The van der Waals surface area contributed by atoms with Crippen LogP contribution in [0.4, 0.5) is 4.79 Å². The molecule has 1 unspecified atom stereocenters. The largest absolute Gasteiger partial charge is 0.465 e. The number of hydrogen-bond acceptors (Lipinski definition) is 5. The fraction of sp³-hybridized carbons (Fsp3) is 0.348. The Hall–Kier alpha value is -3.15. The first kappa shape index (κ1) is 22.1. The summed E-state index contributed by atoms with van der Waals surface area (Å²) in [5, 5.41) is 0. The van der Waals surface area contributed by atoms with E-state index in [1.807, 2.05) is 67.6 Å². The van der Waals surface area contributed by atoms with Gasteiger partial charge in [0.05, 0.1) is 12.6 Å². The van der Waals surface area contributed by atoms with E-state index in [2.05, 4.69) is 4.99 Å². The van der Waals surface area contributed by atoms with Gasteiger partial charge in [-0.15, -0.1) is 0 Å². The zero-order valence-electron chi connectivity index (χ0n) is 17.0. The monoisotopic (exact) mass is 396 g/mol. The maximum Gasteiger partial charge on any atom is 0.410 e. The van der Waals surface area contributed by atoms with E-state index < -0.39 is 12.1 Å². The lowest BCUT2D eigenvalue weighted by Crippen LogP contribution is -2.37. The van der Waals surface area contributed by atoms with Crippen molar-refractivity contribution < 1.29 is 19.1 Å². The third-order valence-electron chi connectivity index (χ3n) is 4.23. The average molecular weight is 396 g/mol. The van der Waals surface area contributed by atoms with Crippen molar-refractivity contribution in [3.63, 3.8) is 0 Å². The molecule has 0 aliphatic rings. The number of esters is 1. The molecular formula is C23H28N2O4. The third kappa shape index (κ3) is 8.17. The van der Waals surface area contributed by atoms with Gasteiger partial charge in [0.1, 0.15) is 13.2 Å². The molecule has 0 bridgehead atoms. The van der Waals surface area contributed by atoms with Crippen LogP contribution < -0.4 is 0 Å². The van der Waals surface area contributed by atoms with E-state index in [4.69, 9.17) is 9.47 Å². The Morgan fingerprint density at radius 3 is 2.34 bits per heavy atom. The summed E-state index contributed by atoms with van der Waals surface area (Å²) in [6.07, 6.45) is 1.74. The molecule has 0 saturated carbocycles. The van der Waals surface area contributed by atoms with Gasteiger partial charge in [-0.05, 0) is 25.0 Å². The number of nitrogens with zero attached hydrogens (tertiary/aromatic N) is 2. The summed E-state index contributed by atoms with van der Waals surface area (Å²) in [6, 6.07) is 19.4. The summed E-state index contributed by atoms with van der Waals surface area (Å²) >= 11 is 0. The molecule has 1 atom stereocenters. The Morgan fingerprint density at radius 1 is 1.03 bits per heavy atom. The van der Waals surface area contributed by atoms with Crippen molar-refractivity contribution >= 4 is 18.3 Å². The highest BCUT2D eigenvalue weighted by Crippen LogP contribution is 2.15. The predicted molar refractivity (Wildman–Crippen MR) is 113 cm³/mol. The van der Waals surface area contributed by atoms with Gasteiger partial charge in [0.2, 0.25) is 0 Å². The van der Waals surface area contributed by atoms with Gasteiger partial charge in [0, 0.05) is 19.2 Å². The molecule has 0 saturated heterocycles. The topological polar surface area (TPSA) is 68.2 Å². The average Bonchev–Trinajstić information content (AvgIpc) is 2.75. The first-order valence-corrected chi connectivity index (χ1v) is 9.78. The lowest BCUT2D eigenvalue weighted by Gasteiger charge is -2.20. The highest BCUT2D eigenvalue weighted by Gasteiger charge is 2.19. The van der Waals surface area contributed by atoms with Crippen LogP contribution in [0.1, 0.15) is 37.4 Å². The van der Waals surface area contributed by atoms with Crippen LogP contribution in [0.25, 0.3) is 0 Å². The fourth-order valence-corrected chi connectivity index (χ4v) is 2.67. The highest BCUT2D eigenvalue weighted by molar-refractivity contribution is 5.78. The fourth-order valence-electron chi connectivity index (χ4n) is 2.67. The molecular weight excluding hydrogens is 368 g/mol. The second kappa shape index (κ2) is 12.3. The van der Waals surface area contributed by atoms with E-state index in [-0.39, 0.29) is 25.8 Å². The molecule has 0 aliphatic heterocycles. The van der Waals surface area contributed by atoms with Crippen molar-refractivity contribution in [3.8, 4) is 0 Å². The van der Waals surface area contributed by atoms with Crippen LogP contribution in [0.3, 0.4) is 0 Å². The van der Waals surface area contributed by atoms with Crippen LogP contribution in [0.2, 0.25) is 0 Å². The van der Waals surface area contributed by atoms with Crippen LogP contribution in [-0.2, 0) is 20.9 Å². The Labute approximate surface area is 172 Å². The first-order valence-electron chi connectivity index (χ1n) is 9.78. The molecule has 1 amide bonds. The minimum atomic E-state index is -0.550. The van der Waals surface area contributed by atoms with Crippen molar-refractivity contribution in [1.29, 1.82) is 0 Å². The van der Waals surface area contributed by atoms with E-state index in [1.165, 1.54) is 4.90 Å². The second-order valence-corrected chi connectivity index (χ2v) is 6.47. The van der Waals surface area contributed by atoms with Gasteiger partial charge in [-0.25, -0.2) is 4.79 Å². The van der Waals surface area contributed by atoms with Crippen LogP contribution in [0.15, 0.2) is 65.7 Å². The summed E-state index contributed by atoms with van der Waals surface area (Å²) in [7, 11) is 0. The SMILES string of the molecule is CCOC(=O)CN(CCC=NC(C)c1ccccc1)C(=O)OCc1ccccc1. The molecule has 6 heteroatoms. The number of amides is 1. The molecule has 29 heavy (non-hydrogen) atoms. The van der Waals surface area contributed by atoms with Gasteiger partial charge in [-0.3, -0.25) is 14.7 Å². The zero-order valence-corrected chi connectivity index (χ0v) is 17.0. The van der Waals surface area contributed by atoms with Crippen LogP contribution in [0, 0.1) is 0 Å². The van der Waals surface area contributed by atoms with Crippen molar-refractivity contribution in [2.75, 3.05) is 19.7 Å². The molecule has 2 rings (SSSR count). The summed E-state index contributed by atoms with van der Waals surface area (Å²) in [5.74, 6) is -0.459. The number of hydrogen-bond donors (Lipinski definition) is 0. The van der Waals surface area contributed by atoms with Gasteiger partial charge in [-0.2, -0.15) is 0 Å². The van der Waals surface area contributed by atoms with Crippen molar-refractivity contribution in [2.24, 2.45) is 4.99 Å². The van der Waals surface area contributed by atoms with E-state index in [0.717, 1.165) is 11.1 Å². The van der Waals surface area contributed by atoms with Gasteiger partial charge < -0.3 is 9.47 Å². The zero-order chi connectivity index (χ0) is 20.9. The predicted octanol–water partition coefficient (Wildman–Crippen LogP) is 4.41. The van der Waals surface area contributed by atoms with Gasteiger partial charge >= 0.3 is 12.1 Å². The molecule has 0 aliphatic carbocycles. The standard InChI is InChI=1S/C23H28N2O4/c1-3-28-22(26)17-25(23(27)29-18-20-11-6-4-7-12-20)16-10-15-24-19(2)21-13-8-5-9-14-21/h4-9,11-15,19H,3,10,16-18H2,1-2H3. The maximum absolute atomic E-state index is 12.5. The molecule has 0 aromatic heterocycles. The number of rotatable bonds is 10. The van der Waals surface area contributed by atoms with Crippen molar-refractivity contribution in [2.45, 2.75) is 32.9 Å². The van der Waals surface area contributed by atoms with E-state index in [0.29, 0.717) is 13.0 Å². The van der Waals surface area contributed by atoms with Gasteiger partial charge in [0.15, 0.2) is 0 Å². The Balaban J connectivity index is 1.89. The molecule has 2 aromatic rings. The molecule has 0 N–H and O–H groups in total. The number of ether oxygens (including phenoxy) is 2. The molecule has 6 nitrogen and oxygen atoms in total. The Morgan fingerprint density at radius 2 is 1.69 bits per heavy atom. The summed E-state index contributed by atoms with van der Waals surface area (Å²) < 4.78 is 10.3. The Bertz CT molecular complexity index is 778. The number of carbonyl (C=O) groups is 2. The quantitative estimate of drug-likeness (QED) is 0.441. The van der Waals surface area contributed by atoms with Crippen molar-refractivity contribution in [3.05, 3.63) is 71.8 Å². The number of aliphatic imine (C=N–C) groups is 1. The molecule has 0 heterocycles. The lowest BCUT2D eigenvalue weighted by molar-refractivity contribution is -0.144. The molecule has 0 spiro atoms. The molecule has 0 radical (unpaired) electrons. The van der Waals surface area contributed by atoms with Crippen molar-refractivity contribution in [1.82, 2.24) is 4.90 Å². The van der Waals surface area contributed by atoms with Crippen LogP contribution in [-0.4, -0.2) is 42.9 Å². The van der Waals surface area contributed by atoms with Gasteiger partial charge in [0.25, 0.3) is 0 Å². The van der Waals surface area contributed by atoms with E-state index in [9.17, 15) is 9.59 Å². The maximum atomic E-state index is 12.5.